The van der Waals surface area contributed by atoms with Gasteiger partial charge >= 0.3 is 0 Å². The van der Waals surface area contributed by atoms with Gasteiger partial charge in [0.25, 0.3) is 5.91 Å². The van der Waals surface area contributed by atoms with E-state index in [-0.39, 0.29) is 52.4 Å². The van der Waals surface area contributed by atoms with Crippen LogP contribution < -0.4 is 21.3 Å². The summed E-state index contributed by atoms with van der Waals surface area (Å²) in [7, 11) is 1.53. The number of ether oxygens (including phenoxy) is 1. The second kappa shape index (κ2) is 10.0. The largest absolute Gasteiger partial charge is 0.507 e. The van der Waals surface area contributed by atoms with E-state index in [4.69, 9.17) is 26.7 Å². The number of hydrogen-bond acceptors (Lipinski definition) is 8. The Morgan fingerprint density at radius 3 is 2.56 bits per heavy atom. The molecule has 0 bridgehead atoms. The molecule has 1 aromatic heterocycles. The van der Waals surface area contributed by atoms with Crippen molar-refractivity contribution in [3.05, 3.63) is 47.1 Å². The van der Waals surface area contributed by atoms with Gasteiger partial charge in [0.2, 0.25) is 5.91 Å². The molecule has 0 unspecified atom stereocenters. The van der Waals surface area contributed by atoms with Crippen molar-refractivity contribution in [2.75, 3.05) is 13.7 Å². The molecule has 0 aliphatic carbocycles. The smallest absolute Gasteiger partial charge is 0.274 e. The third kappa shape index (κ3) is 4.93. The van der Waals surface area contributed by atoms with Crippen LogP contribution in [0.25, 0.3) is 22.5 Å². The van der Waals surface area contributed by atoms with Crippen LogP contribution >= 0.6 is 11.6 Å². The molecule has 6 N–H and O–H groups in total. The zero-order valence-corrected chi connectivity index (χ0v) is 17.8. The first-order chi connectivity index (χ1) is 15.3. The number of rotatable bonds is 8. The standard InChI is InChI=1S/C21H21ClN4O6/c1-31-12-6-4-11(5-7-12)18-19(21(30)24-8-2-3-17(29)25-23)26-32-20(18)13-9-14(22)16(28)10-15(13)27/h4-7,9-10,27-28H,2-3,8,23H2,1H3,(H,24,30)(H,25,29). The van der Waals surface area contributed by atoms with E-state index in [1.807, 2.05) is 5.43 Å². The van der Waals surface area contributed by atoms with Crippen molar-refractivity contribution >= 4 is 23.4 Å². The summed E-state index contributed by atoms with van der Waals surface area (Å²) < 4.78 is 10.6. The molecule has 0 radical (unpaired) electrons. The molecule has 0 saturated heterocycles. The molecule has 32 heavy (non-hydrogen) atoms. The number of aromatic nitrogens is 1. The lowest BCUT2D eigenvalue weighted by Gasteiger charge is -2.09. The molecule has 1 heterocycles. The summed E-state index contributed by atoms with van der Waals surface area (Å²) in [5.74, 6) is 4.23. The zero-order chi connectivity index (χ0) is 23.3. The van der Waals surface area contributed by atoms with Gasteiger partial charge in [0.15, 0.2) is 11.5 Å². The second-order valence-electron chi connectivity index (χ2n) is 6.71. The average Bonchev–Trinajstić information content (AvgIpc) is 3.23. The third-order valence-corrected chi connectivity index (χ3v) is 4.93. The van der Waals surface area contributed by atoms with Crippen molar-refractivity contribution < 1.29 is 29.1 Å². The molecule has 10 nitrogen and oxygen atoms in total. The van der Waals surface area contributed by atoms with Crippen LogP contribution in [-0.2, 0) is 4.79 Å². The van der Waals surface area contributed by atoms with Crippen LogP contribution in [0.1, 0.15) is 23.3 Å². The maximum atomic E-state index is 12.8. The summed E-state index contributed by atoms with van der Waals surface area (Å²) >= 11 is 6.00. The number of carbonyl (C=O) groups excluding carboxylic acids is 2. The predicted octanol–water partition coefficient (Wildman–Crippen LogP) is 2.58. The summed E-state index contributed by atoms with van der Waals surface area (Å²) in [6.45, 7) is 0.201. The fourth-order valence-corrected chi connectivity index (χ4v) is 3.16. The van der Waals surface area contributed by atoms with Gasteiger partial charge in [0.1, 0.15) is 17.2 Å². The lowest BCUT2D eigenvalue weighted by atomic mass is 9.98. The molecule has 0 fully saturated rings. The third-order valence-electron chi connectivity index (χ3n) is 4.62. The number of aromatic hydroxyl groups is 2. The SMILES string of the molecule is COc1ccc(-c2c(C(=O)NCCCC(=O)NN)noc2-c2cc(Cl)c(O)cc2O)cc1. The molecular weight excluding hydrogens is 440 g/mol. The van der Waals surface area contributed by atoms with Crippen molar-refractivity contribution in [1.29, 1.82) is 0 Å². The number of hydrazine groups is 1. The highest BCUT2D eigenvalue weighted by Crippen LogP contribution is 2.43. The Kier molecular flexibility index (Phi) is 7.18. The Balaban J connectivity index is 2.00. The number of carbonyl (C=O) groups is 2. The normalized spacial score (nSPS) is 10.6. The van der Waals surface area contributed by atoms with Crippen molar-refractivity contribution in [1.82, 2.24) is 15.9 Å². The van der Waals surface area contributed by atoms with Crippen molar-refractivity contribution in [2.45, 2.75) is 12.8 Å². The van der Waals surface area contributed by atoms with Crippen LogP contribution in [0.4, 0.5) is 0 Å². The minimum absolute atomic E-state index is 0.0148. The van der Waals surface area contributed by atoms with Gasteiger partial charge in [-0.1, -0.05) is 28.9 Å². The summed E-state index contributed by atoms with van der Waals surface area (Å²) in [5, 5.41) is 26.6. The summed E-state index contributed by atoms with van der Waals surface area (Å²) in [4.78, 5) is 24.0. The first-order valence-corrected chi connectivity index (χ1v) is 9.87. The first-order valence-electron chi connectivity index (χ1n) is 9.49. The topological polar surface area (TPSA) is 160 Å². The number of phenols is 2. The van der Waals surface area contributed by atoms with Gasteiger partial charge in [-0.05, 0) is 30.2 Å². The predicted molar refractivity (Wildman–Crippen MR) is 116 cm³/mol. The number of halogens is 1. The van der Waals surface area contributed by atoms with Gasteiger partial charge in [-0.15, -0.1) is 0 Å². The van der Waals surface area contributed by atoms with E-state index in [9.17, 15) is 19.8 Å². The number of nitrogens with one attached hydrogen (secondary N) is 2. The number of methoxy groups -OCH3 is 1. The van der Waals surface area contributed by atoms with Gasteiger partial charge < -0.3 is 24.8 Å². The zero-order valence-electron chi connectivity index (χ0n) is 17.0. The molecule has 0 atom stereocenters. The number of benzene rings is 2. The molecule has 2 aromatic carbocycles. The van der Waals surface area contributed by atoms with E-state index in [0.29, 0.717) is 23.3 Å². The van der Waals surface area contributed by atoms with Crippen LogP contribution in [0.2, 0.25) is 5.02 Å². The molecule has 2 amide bonds. The Morgan fingerprint density at radius 1 is 1.19 bits per heavy atom. The molecule has 168 valence electrons. The van der Waals surface area contributed by atoms with Gasteiger partial charge in [0, 0.05) is 19.0 Å². The Bertz CT molecular complexity index is 1130. The van der Waals surface area contributed by atoms with E-state index in [0.717, 1.165) is 6.07 Å². The van der Waals surface area contributed by atoms with E-state index in [2.05, 4.69) is 10.5 Å². The molecule has 0 saturated carbocycles. The van der Waals surface area contributed by atoms with Crippen molar-refractivity contribution in [2.24, 2.45) is 5.84 Å². The number of nitrogens with zero attached hydrogens (tertiary/aromatic N) is 1. The monoisotopic (exact) mass is 460 g/mol. The van der Waals surface area contributed by atoms with E-state index in [1.165, 1.54) is 13.2 Å². The molecule has 0 spiro atoms. The Hall–Kier alpha value is -3.76. The summed E-state index contributed by atoms with van der Waals surface area (Å²) in [5.41, 5.74) is 3.01. The first kappa shape index (κ1) is 22.9. The fraction of sp³-hybridized carbons (Fsp3) is 0.190. The van der Waals surface area contributed by atoms with E-state index < -0.39 is 5.91 Å². The van der Waals surface area contributed by atoms with Crippen LogP contribution in [0.15, 0.2) is 40.9 Å². The quantitative estimate of drug-likeness (QED) is 0.148. The lowest BCUT2D eigenvalue weighted by molar-refractivity contribution is -0.121. The number of hydrogen-bond donors (Lipinski definition) is 5. The molecule has 0 aliphatic rings. The van der Waals surface area contributed by atoms with Crippen LogP contribution in [0.3, 0.4) is 0 Å². The van der Waals surface area contributed by atoms with Crippen molar-refractivity contribution in [3.63, 3.8) is 0 Å². The van der Waals surface area contributed by atoms with Crippen LogP contribution in [-0.4, -0.2) is 40.8 Å². The van der Waals surface area contributed by atoms with Crippen molar-refractivity contribution in [3.8, 4) is 39.7 Å². The fourth-order valence-electron chi connectivity index (χ4n) is 2.99. The van der Waals surface area contributed by atoms with E-state index in [1.54, 1.807) is 24.3 Å². The molecule has 3 aromatic rings. The molecule has 3 rings (SSSR count). The lowest BCUT2D eigenvalue weighted by Crippen LogP contribution is -2.31. The highest BCUT2D eigenvalue weighted by atomic mass is 35.5. The van der Waals surface area contributed by atoms with Gasteiger partial charge in [-0.3, -0.25) is 15.0 Å². The summed E-state index contributed by atoms with van der Waals surface area (Å²) in [6.07, 6.45) is 0.512. The maximum absolute atomic E-state index is 12.8. The highest BCUT2D eigenvalue weighted by Gasteiger charge is 2.26. The average molecular weight is 461 g/mol. The number of amides is 2. The van der Waals surface area contributed by atoms with E-state index >= 15 is 0 Å². The number of phenolic OH excluding ortho intramolecular Hbond substituents is 2. The van der Waals surface area contributed by atoms with Gasteiger partial charge in [-0.25, -0.2) is 5.84 Å². The van der Waals surface area contributed by atoms with Gasteiger partial charge in [0.05, 0.1) is 23.3 Å². The summed E-state index contributed by atoms with van der Waals surface area (Å²) in [6, 6.07) is 9.19. The number of nitrogens with two attached hydrogens (primary N) is 1. The Morgan fingerprint density at radius 2 is 1.91 bits per heavy atom. The highest BCUT2D eigenvalue weighted by molar-refractivity contribution is 6.32. The Labute approximate surface area is 187 Å². The minimum atomic E-state index is -0.539. The second-order valence-corrected chi connectivity index (χ2v) is 7.12. The molecular formula is C21H21ClN4O6. The molecule has 0 aliphatic heterocycles. The van der Waals surface area contributed by atoms with Crippen LogP contribution in [0, 0.1) is 0 Å². The minimum Gasteiger partial charge on any atom is -0.507 e. The van der Waals surface area contributed by atoms with Gasteiger partial charge in [-0.2, -0.15) is 0 Å². The van der Waals surface area contributed by atoms with Crippen LogP contribution in [0.5, 0.6) is 17.2 Å². The molecule has 11 heteroatoms. The maximum Gasteiger partial charge on any atom is 0.274 e.